The first-order valence-corrected chi connectivity index (χ1v) is 13.0. The number of carbonyl (C=O) groups is 1. The lowest BCUT2D eigenvalue weighted by Crippen LogP contribution is -2.60. The van der Waals surface area contributed by atoms with Crippen LogP contribution in [0.3, 0.4) is 0 Å². The number of amides is 1. The van der Waals surface area contributed by atoms with Gasteiger partial charge in [0.25, 0.3) is 5.69 Å². The van der Waals surface area contributed by atoms with Crippen molar-refractivity contribution in [3.05, 3.63) is 105 Å². The number of thiocarbonyl (C=S) groups is 1. The lowest BCUT2D eigenvalue weighted by atomic mass is 9.92. The number of hydrogen-bond acceptors (Lipinski definition) is 8. The van der Waals surface area contributed by atoms with Crippen molar-refractivity contribution in [3.63, 3.8) is 0 Å². The Morgan fingerprint density at radius 2 is 1.95 bits per heavy atom. The van der Waals surface area contributed by atoms with Gasteiger partial charge >= 0.3 is 0 Å². The van der Waals surface area contributed by atoms with E-state index in [2.05, 4.69) is 21.7 Å². The van der Waals surface area contributed by atoms with Crippen LogP contribution in [0.5, 0.6) is 0 Å². The van der Waals surface area contributed by atoms with Gasteiger partial charge in [-0.05, 0) is 42.4 Å². The Morgan fingerprint density at radius 1 is 1.22 bits per heavy atom. The second-order valence-electron chi connectivity index (χ2n) is 8.89. The van der Waals surface area contributed by atoms with Gasteiger partial charge < -0.3 is 14.4 Å². The predicted molar refractivity (Wildman–Crippen MR) is 142 cm³/mol. The minimum atomic E-state index is -0.781. The van der Waals surface area contributed by atoms with E-state index in [1.54, 1.807) is 30.2 Å². The van der Waals surface area contributed by atoms with Gasteiger partial charge in [-0.3, -0.25) is 19.8 Å². The summed E-state index contributed by atoms with van der Waals surface area (Å²) >= 11 is 7.13. The van der Waals surface area contributed by atoms with Crippen LogP contribution in [0.15, 0.2) is 77.6 Å². The summed E-state index contributed by atoms with van der Waals surface area (Å²) in [5.41, 5.74) is 2.38. The van der Waals surface area contributed by atoms with Crippen LogP contribution in [-0.4, -0.2) is 46.9 Å². The molecular weight excluding hydrogens is 512 g/mol. The van der Waals surface area contributed by atoms with Gasteiger partial charge in [0.15, 0.2) is 0 Å². The Labute approximate surface area is 222 Å². The monoisotopic (exact) mass is 536 g/mol. The zero-order valence-corrected chi connectivity index (χ0v) is 21.5. The summed E-state index contributed by atoms with van der Waals surface area (Å²) in [7, 11) is 0. The van der Waals surface area contributed by atoms with Crippen molar-refractivity contribution in [2.24, 2.45) is 5.92 Å². The number of rotatable bonds is 9. The molecule has 0 radical (unpaired) electrons. The standard InChI is InChI=1S/C26H24N4O5S2/c1-16(31)22-24(32)29-23(26(36)35-15-18-7-9-19(10-8-18)30(33)34)20(37-25(22)29)13-21-27-11-12-28(21)14-17-5-3-2-4-6-17/h2-12,16,22,25,31H,13-15H2,1H3/t16-,22+,25+/m0/s1. The Morgan fingerprint density at radius 3 is 2.62 bits per heavy atom. The van der Waals surface area contributed by atoms with Crippen LogP contribution >= 0.6 is 24.0 Å². The van der Waals surface area contributed by atoms with Crippen LogP contribution in [0.1, 0.15) is 23.9 Å². The number of ether oxygens (including phenoxy) is 1. The molecular formula is C26H24N4O5S2. The third kappa shape index (κ3) is 5.02. The van der Waals surface area contributed by atoms with Crippen molar-refractivity contribution in [1.29, 1.82) is 0 Å². The largest absolute Gasteiger partial charge is 0.477 e. The van der Waals surface area contributed by atoms with Gasteiger partial charge in [-0.25, -0.2) is 4.98 Å². The lowest BCUT2D eigenvalue weighted by Gasteiger charge is -2.44. The van der Waals surface area contributed by atoms with Crippen molar-refractivity contribution < 1.29 is 19.6 Å². The second kappa shape index (κ2) is 10.4. The molecule has 37 heavy (non-hydrogen) atoms. The van der Waals surface area contributed by atoms with E-state index < -0.39 is 16.9 Å². The molecule has 1 aromatic heterocycles. The minimum absolute atomic E-state index is 0.00676. The average molecular weight is 537 g/mol. The molecule has 0 unspecified atom stereocenters. The summed E-state index contributed by atoms with van der Waals surface area (Å²) in [5.74, 6) is 0.121. The number of non-ortho nitro benzene ring substituents is 1. The zero-order valence-electron chi connectivity index (χ0n) is 19.9. The summed E-state index contributed by atoms with van der Waals surface area (Å²) in [5, 5.41) is 21.0. The van der Waals surface area contributed by atoms with Crippen LogP contribution in [0, 0.1) is 16.0 Å². The number of allylic oxidation sites excluding steroid dienone is 1. The summed E-state index contributed by atoms with van der Waals surface area (Å²) in [6.07, 6.45) is 3.34. The van der Waals surface area contributed by atoms with Crippen LogP contribution < -0.4 is 0 Å². The van der Waals surface area contributed by atoms with E-state index in [-0.39, 0.29) is 28.6 Å². The van der Waals surface area contributed by atoms with E-state index >= 15 is 0 Å². The zero-order chi connectivity index (χ0) is 26.1. The molecule has 0 saturated carbocycles. The molecule has 1 saturated heterocycles. The summed E-state index contributed by atoms with van der Waals surface area (Å²) < 4.78 is 7.95. The number of nitro groups is 1. The van der Waals surface area contributed by atoms with Gasteiger partial charge in [0, 0.05) is 42.4 Å². The second-order valence-corrected chi connectivity index (χ2v) is 10.5. The topological polar surface area (TPSA) is 111 Å². The van der Waals surface area contributed by atoms with E-state index in [1.165, 1.54) is 23.9 Å². The van der Waals surface area contributed by atoms with E-state index in [4.69, 9.17) is 17.0 Å². The number of β-lactam (4-membered cyclic amide) rings is 1. The van der Waals surface area contributed by atoms with Gasteiger partial charge in [0.05, 0.1) is 16.9 Å². The quantitative estimate of drug-likeness (QED) is 0.189. The van der Waals surface area contributed by atoms with Gasteiger partial charge in [0.1, 0.15) is 23.5 Å². The molecule has 5 rings (SSSR count). The fraction of sp³-hybridized carbons (Fsp3) is 0.269. The molecule has 0 aliphatic carbocycles. The molecule has 1 fully saturated rings. The number of nitro benzene ring substituents is 1. The molecule has 2 aromatic carbocycles. The number of aromatic nitrogens is 2. The smallest absolute Gasteiger partial charge is 0.269 e. The minimum Gasteiger partial charge on any atom is -0.477 e. The highest BCUT2D eigenvalue weighted by Crippen LogP contribution is 2.51. The Bertz CT molecular complexity index is 1370. The molecule has 11 heteroatoms. The molecule has 3 atom stereocenters. The lowest BCUT2D eigenvalue weighted by molar-refractivity contribution is -0.384. The molecule has 1 amide bonds. The SMILES string of the molecule is C[C@H](O)[C@@H]1C(=O)N2C(C(=S)OCc3ccc([N+](=O)[O-])cc3)=C(Cc3nccn3Cc3ccccc3)S[C@H]12. The molecule has 190 valence electrons. The average Bonchev–Trinajstić information content (AvgIpc) is 3.45. The number of hydrogen-bond donors (Lipinski definition) is 1. The third-order valence-electron chi connectivity index (χ3n) is 6.40. The summed E-state index contributed by atoms with van der Waals surface area (Å²) in [6.45, 7) is 2.38. The summed E-state index contributed by atoms with van der Waals surface area (Å²) in [4.78, 5) is 30.4. The summed E-state index contributed by atoms with van der Waals surface area (Å²) in [6, 6.07) is 16.1. The highest BCUT2D eigenvalue weighted by atomic mass is 32.2. The molecule has 2 aliphatic rings. The highest BCUT2D eigenvalue weighted by Gasteiger charge is 2.57. The molecule has 3 heterocycles. The first-order chi connectivity index (χ1) is 17.8. The van der Waals surface area contributed by atoms with Crippen LogP contribution in [0.2, 0.25) is 0 Å². The highest BCUT2D eigenvalue weighted by molar-refractivity contribution is 8.04. The normalized spacial score (nSPS) is 19.4. The van der Waals surface area contributed by atoms with E-state index in [0.717, 1.165) is 16.3 Å². The molecule has 0 spiro atoms. The molecule has 3 aromatic rings. The van der Waals surface area contributed by atoms with Crippen molar-refractivity contribution in [1.82, 2.24) is 14.5 Å². The van der Waals surface area contributed by atoms with Crippen molar-refractivity contribution in [2.75, 3.05) is 0 Å². The first-order valence-electron chi connectivity index (χ1n) is 11.7. The first kappa shape index (κ1) is 25.1. The predicted octanol–water partition coefficient (Wildman–Crippen LogP) is 4.05. The van der Waals surface area contributed by atoms with Gasteiger partial charge in [0.2, 0.25) is 11.0 Å². The van der Waals surface area contributed by atoms with Gasteiger partial charge in [-0.1, -0.05) is 30.3 Å². The molecule has 2 aliphatic heterocycles. The number of fused-ring (bicyclic) bond motifs is 1. The van der Waals surface area contributed by atoms with Gasteiger partial charge in [-0.2, -0.15) is 0 Å². The van der Waals surface area contributed by atoms with Gasteiger partial charge in [-0.15, -0.1) is 11.8 Å². The number of thioether (sulfide) groups is 1. The van der Waals surface area contributed by atoms with Crippen molar-refractivity contribution >= 4 is 40.6 Å². The Balaban J connectivity index is 1.37. The maximum absolute atomic E-state index is 12.9. The van der Waals surface area contributed by atoms with Crippen molar-refractivity contribution in [3.8, 4) is 0 Å². The van der Waals surface area contributed by atoms with Crippen molar-refractivity contribution in [2.45, 2.75) is 38.0 Å². The maximum atomic E-state index is 12.9. The number of aliphatic hydroxyl groups excluding tert-OH is 1. The number of nitrogens with zero attached hydrogens (tertiary/aromatic N) is 4. The molecule has 9 nitrogen and oxygen atoms in total. The third-order valence-corrected chi connectivity index (χ3v) is 8.08. The van der Waals surface area contributed by atoms with E-state index in [0.29, 0.717) is 24.2 Å². The number of aliphatic hydroxyl groups is 1. The Kier molecular flexibility index (Phi) is 7.09. The molecule has 1 N–H and O–H groups in total. The fourth-order valence-corrected chi connectivity index (χ4v) is 6.43. The van der Waals surface area contributed by atoms with Crippen LogP contribution in [0.4, 0.5) is 5.69 Å². The van der Waals surface area contributed by atoms with Crippen LogP contribution in [0.25, 0.3) is 0 Å². The number of carbonyl (C=O) groups excluding carboxylic acids is 1. The Hall–Kier alpha value is -3.54. The molecule has 0 bridgehead atoms. The van der Waals surface area contributed by atoms with Crippen LogP contribution in [-0.2, 0) is 29.1 Å². The number of imidazole rings is 1. The maximum Gasteiger partial charge on any atom is 0.269 e. The fourth-order valence-electron chi connectivity index (χ4n) is 4.47. The van der Waals surface area contributed by atoms with E-state index in [9.17, 15) is 20.0 Å². The van der Waals surface area contributed by atoms with E-state index in [1.807, 2.05) is 24.4 Å². The number of benzene rings is 2.